The molecule has 0 radical (unpaired) electrons. The van der Waals surface area contributed by atoms with E-state index in [1.807, 2.05) is 52.0 Å². The van der Waals surface area contributed by atoms with Crippen LogP contribution >= 0.6 is 0 Å². The highest BCUT2D eigenvalue weighted by Gasteiger charge is 2.80. The van der Waals surface area contributed by atoms with Gasteiger partial charge in [0.15, 0.2) is 0 Å². The lowest BCUT2D eigenvalue weighted by Gasteiger charge is -2.39. The Balaban J connectivity index is 1.54. The van der Waals surface area contributed by atoms with Crippen LogP contribution in [0.3, 0.4) is 0 Å². The van der Waals surface area contributed by atoms with E-state index < -0.39 is 47.0 Å². The van der Waals surface area contributed by atoms with E-state index in [0.29, 0.717) is 18.4 Å². The highest BCUT2D eigenvalue weighted by atomic mass is 16.6. The molecule has 3 saturated heterocycles. The fraction of sp³-hybridized carbons (Fsp3) is 0.667. The quantitative estimate of drug-likeness (QED) is 0.468. The Morgan fingerprint density at radius 3 is 2.74 bits per heavy atom. The number of ether oxygens (including phenoxy) is 2. The standard InChI is InChI=1S/C27H37N5O6/c1-6-15(3)19(13-33)32-22(23(34)28-14-31-18-11-9-8-10-17(18)29-30-31)27-12-16(4)26(5,38-27)21(20(27)24(32)35)25(36)37-7-2/h8-11,15-16,19-22,33H,6-7,12-14H2,1-5H3,(H,28,34)/t15-,16?,19-,20-,21+,22?,26-,27?/m0/s1. The van der Waals surface area contributed by atoms with Crippen molar-refractivity contribution >= 4 is 28.8 Å². The lowest BCUT2D eigenvalue weighted by Crippen LogP contribution is -2.59. The third kappa shape index (κ3) is 3.65. The van der Waals surface area contributed by atoms with Gasteiger partial charge in [-0.2, -0.15) is 0 Å². The number of nitrogens with zero attached hydrogens (tertiary/aromatic N) is 4. The number of esters is 1. The number of rotatable bonds is 9. The largest absolute Gasteiger partial charge is 0.466 e. The van der Waals surface area contributed by atoms with E-state index in [-0.39, 0.29) is 37.6 Å². The Morgan fingerprint density at radius 2 is 2.05 bits per heavy atom. The second-order valence-corrected chi connectivity index (χ2v) is 11.1. The Bertz CT molecular complexity index is 1250. The second-order valence-electron chi connectivity index (χ2n) is 11.1. The summed E-state index contributed by atoms with van der Waals surface area (Å²) in [5.41, 5.74) is -0.688. The number of aliphatic hydroxyl groups is 1. The van der Waals surface area contributed by atoms with Gasteiger partial charge in [0.2, 0.25) is 11.8 Å². The average Bonchev–Trinajstić information content (AvgIpc) is 3.57. The number of nitrogens with one attached hydrogen (secondary N) is 1. The minimum atomic E-state index is -1.21. The molecule has 5 rings (SSSR count). The average molecular weight is 528 g/mol. The first kappa shape index (κ1) is 26.6. The SMILES string of the molecule is CCOC(=O)[C@H]1[C@H]2C(=O)N([C@@H](CO)[C@@H](C)CC)C(C(=O)NCn3nnc4ccccc43)C23CC(C)[C@]1(C)O3. The summed E-state index contributed by atoms with van der Waals surface area (Å²) >= 11 is 0. The molecule has 3 aliphatic rings. The Kier molecular flexibility index (Phi) is 6.71. The number of benzene rings is 1. The molecule has 1 aromatic carbocycles. The number of likely N-dealkylation sites (tertiary alicyclic amines) is 1. The van der Waals surface area contributed by atoms with Crippen LogP contribution in [0, 0.1) is 23.7 Å². The molecule has 0 aliphatic carbocycles. The summed E-state index contributed by atoms with van der Waals surface area (Å²) in [6, 6.07) is 5.79. The smallest absolute Gasteiger partial charge is 0.312 e. The van der Waals surface area contributed by atoms with E-state index in [2.05, 4.69) is 15.6 Å². The molecule has 2 aromatic rings. The van der Waals surface area contributed by atoms with E-state index in [0.717, 1.165) is 5.52 Å². The van der Waals surface area contributed by atoms with Crippen LogP contribution in [0.2, 0.25) is 0 Å². The predicted molar refractivity (Wildman–Crippen MR) is 136 cm³/mol. The fourth-order valence-corrected chi connectivity index (χ4v) is 7.02. The number of para-hydroxylation sites is 1. The van der Waals surface area contributed by atoms with Crippen molar-refractivity contribution in [3.8, 4) is 0 Å². The zero-order chi connectivity index (χ0) is 27.4. The molecule has 2 bridgehead atoms. The Morgan fingerprint density at radius 1 is 1.32 bits per heavy atom. The molecule has 2 N–H and O–H groups in total. The van der Waals surface area contributed by atoms with Gasteiger partial charge < -0.3 is 24.8 Å². The van der Waals surface area contributed by atoms with Gasteiger partial charge in [-0.3, -0.25) is 14.4 Å². The molecule has 11 nitrogen and oxygen atoms in total. The minimum Gasteiger partial charge on any atom is -0.466 e. The van der Waals surface area contributed by atoms with E-state index in [1.165, 1.54) is 4.90 Å². The number of carbonyl (C=O) groups is 3. The van der Waals surface area contributed by atoms with Crippen molar-refractivity contribution < 1.29 is 29.0 Å². The van der Waals surface area contributed by atoms with Gasteiger partial charge in [0, 0.05) is 0 Å². The van der Waals surface area contributed by atoms with Crippen LogP contribution in [0.25, 0.3) is 11.0 Å². The molecule has 11 heteroatoms. The number of amides is 2. The van der Waals surface area contributed by atoms with Crippen LogP contribution in [0.1, 0.15) is 47.5 Å². The Hall–Kier alpha value is -3.05. The number of aromatic nitrogens is 3. The van der Waals surface area contributed by atoms with Crippen LogP contribution in [0.15, 0.2) is 24.3 Å². The first-order chi connectivity index (χ1) is 18.1. The Labute approximate surface area is 221 Å². The molecule has 3 aliphatic heterocycles. The van der Waals surface area contributed by atoms with Crippen molar-refractivity contribution in [3.63, 3.8) is 0 Å². The summed E-state index contributed by atoms with van der Waals surface area (Å²) in [5.74, 6) is -3.13. The molecule has 4 heterocycles. The van der Waals surface area contributed by atoms with Crippen LogP contribution in [-0.4, -0.2) is 79.3 Å². The summed E-state index contributed by atoms with van der Waals surface area (Å²) in [7, 11) is 0. The van der Waals surface area contributed by atoms with E-state index in [1.54, 1.807) is 11.6 Å². The number of hydrogen-bond donors (Lipinski definition) is 2. The molecule has 1 spiro atoms. The van der Waals surface area contributed by atoms with Crippen molar-refractivity contribution in [2.75, 3.05) is 13.2 Å². The van der Waals surface area contributed by atoms with Gasteiger partial charge in [-0.15, -0.1) is 5.10 Å². The van der Waals surface area contributed by atoms with E-state index >= 15 is 0 Å². The van der Waals surface area contributed by atoms with Gasteiger partial charge in [-0.25, -0.2) is 4.68 Å². The van der Waals surface area contributed by atoms with E-state index in [9.17, 15) is 19.5 Å². The molecule has 1 aromatic heterocycles. The zero-order valence-corrected chi connectivity index (χ0v) is 22.6. The number of hydrogen-bond acceptors (Lipinski definition) is 8. The number of aliphatic hydroxyl groups excluding tert-OH is 1. The van der Waals surface area contributed by atoms with Crippen LogP contribution in [0.4, 0.5) is 0 Å². The highest BCUT2D eigenvalue weighted by Crippen LogP contribution is 2.65. The summed E-state index contributed by atoms with van der Waals surface area (Å²) in [6.45, 7) is 9.39. The lowest BCUT2D eigenvalue weighted by atomic mass is 9.62. The van der Waals surface area contributed by atoms with Crippen molar-refractivity contribution in [2.45, 2.75) is 77.4 Å². The summed E-state index contributed by atoms with van der Waals surface area (Å²) in [6.07, 6.45) is 1.14. The first-order valence-corrected chi connectivity index (χ1v) is 13.5. The molecule has 3 unspecified atom stereocenters. The fourth-order valence-electron chi connectivity index (χ4n) is 7.02. The van der Waals surface area contributed by atoms with Crippen LogP contribution in [0.5, 0.6) is 0 Å². The molecule has 2 amide bonds. The zero-order valence-electron chi connectivity index (χ0n) is 22.6. The third-order valence-corrected chi connectivity index (χ3v) is 9.21. The highest BCUT2D eigenvalue weighted by molar-refractivity contribution is 5.98. The van der Waals surface area contributed by atoms with Gasteiger partial charge >= 0.3 is 5.97 Å². The van der Waals surface area contributed by atoms with Gasteiger partial charge in [-0.1, -0.05) is 44.5 Å². The molecule has 0 saturated carbocycles. The molecule has 3 fully saturated rings. The van der Waals surface area contributed by atoms with Gasteiger partial charge in [0.1, 0.15) is 29.7 Å². The van der Waals surface area contributed by atoms with Crippen LogP contribution < -0.4 is 5.32 Å². The summed E-state index contributed by atoms with van der Waals surface area (Å²) in [4.78, 5) is 43.0. The predicted octanol–water partition coefficient (Wildman–Crippen LogP) is 1.49. The lowest BCUT2D eigenvalue weighted by molar-refractivity contribution is -0.162. The molecule has 8 atom stereocenters. The normalized spacial score (nSPS) is 33.4. The van der Waals surface area contributed by atoms with Gasteiger partial charge in [0.25, 0.3) is 0 Å². The maximum absolute atomic E-state index is 14.2. The number of carbonyl (C=O) groups excluding carboxylic acids is 3. The molecular weight excluding hydrogens is 490 g/mol. The summed E-state index contributed by atoms with van der Waals surface area (Å²) < 4.78 is 13.7. The van der Waals surface area contributed by atoms with Gasteiger partial charge in [0.05, 0.1) is 36.3 Å². The summed E-state index contributed by atoms with van der Waals surface area (Å²) in [5, 5.41) is 21.6. The van der Waals surface area contributed by atoms with Crippen molar-refractivity contribution in [1.29, 1.82) is 0 Å². The minimum absolute atomic E-state index is 0.0415. The van der Waals surface area contributed by atoms with E-state index in [4.69, 9.17) is 9.47 Å². The maximum atomic E-state index is 14.2. The molecule has 206 valence electrons. The van der Waals surface area contributed by atoms with Crippen LogP contribution in [-0.2, 0) is 30.5 Å². The van der Waals surface area contributed by atoms with Crippen molar-refractivity contribution in [1.82, 2.24) is 25.2 Å². The van der Waals surface area contributed by atoms with Gasteiger partial charge in [-0.05, 0) is 44.2 Å². The van der Waals surface area contributed by atoms with Crippen molar-refractivity contribution in [2.24, 2.45) is 23.7 Å². The second kappa shape index (κ2) is 9.60. The first-order valence-electron chi connectivity index (χ1n) is 13.5. The molecular formula is C27H37N5O6. The maximum Gasteiger partial charge on any atom is 0.312 e. The van der Waals surface area contributed by atoms with Crippen molar-refractivity contribution in [3.05, 3.63) is 24.3 Å². The monoisotopic (exact) mass is 527 g/mol. The third-order valence-electron chi connectivity index (χ3n) is 9.21. The number of fused-ring (bicyclic) bond motifs is 2. The molecule has 38 heavy (non-hydrogen) atoms. The topological polar surface area (TPSA) is 136 Å².